The van der Waals surface area contributed by atoms with Crippen molar-refractivity contribution in [2.75, 3.05) is 0 Å². The van der Waals surface area contributed by atoms with E-state index in [0.29, 0.717) is 0 Å². The molecule has 2 atom stereocenters. The third kappa shape index (κ3) is 2.89. The Hall–Kier alpha value is -0.560. The summed E-state index contributed by atoms with van der Waals surface area (Å²) in [6.07, 6.45) is 6.33. The van der Waals surface area contributed by atoms with Gasteiger partial charge in [0, 0.05) is 5.41 Å². The van der Waals surface area contributed by atoms with Crippen LogP contribution in [-0.4, -0.2) is 11.2 Å². The van der Waals surface area contributed by atoms with E-state index in [2.05, 4.69) is 6.58 Å². The summed E-state index contributed by atoms with van der Waals surface area (Å²) >= 11 is 0. The van der Waals surface area contributed by atoms with Gasteiger partial charge in [0.25, 0.3) is 0 Å². The number of hydrogen-bond acceptors (Lipinski definition) is 1. The lowest BCUT2D eigenvalue weighted by Crippen LogP contribution is -2.26. The molecule has 1 N–H and O–H groups in total. The van der Waals surface area contributed by atoms with Crippen molar-refractivity contribution in [1.29, 1.82) is 0 Å². The Balaban J connectivity index is 4.37. The highest BCUT2D eigenvalue weighted by Gasteiger charge is 2.24. The Morgan fingerprint density at radius 2 is 2.18 bits per heavy atom. The standard InChI is InChI=1S/C10H18O/c1-5-7-10(4,8-6-2)9(3)11/h5-6,8-9,11H,1,7H2,2-4H3. The van der Waals surface area contributed by atoms with Crippen LogP contribution < -0.4 is 0 Å². The average molecular weight is 154 g/mol. The first-order valence-electron chi connectivity index (χ1n) is 3.99. The fraction of sp³-hybridized carbons (Fsp3) is 0.600. The van der Waals surface area contributed by atoms with E-state index >= 15 is 0 Å². The number of rotatable bonds is 4. The number of aliphatic hydroxyl groups excluding tert-OH is 1. The van der Waals surface area contributed by atoms with Gasteiger partial charge in [-0.25, -0.2) is 0 Å². The molecule has 64 valence electrons. The van der Waals surface area contributed by atoms with Crippen LogP contribution in [0, 0.1) is 5.41 Å². The van der Waals surface area contributed by atoms with Crippen LogP contribution in [0.15, 0.2) is 24.8 Å². The van der Waals surface area contributed by atoms with Crippen LogP contribution in [0.4, 0.5) is 0 Å². The molecule has 0 bridgehead atoms. The van der Waals surface area contributed by atoms with Crippen molar-refractivity contribution in [1.82, 2.24) is 0 Å². The van der Waals surface area contributed by atoms with E-state index in [1.54, 1.807) is 0 Å². The van der Waals surface area contributed by atoms with Crippen molar-refractivity contribution in [3.63, 3.8) is 0 Å². The Labute approximate surface area is 69.4 Å². The lowest BCUT2D eigenvalue weighted by Gasteiger charge is -2.27. The Morgan fingerprint density at radius 1 is 1.64 bits per heavy atom. The number of aliphatic hydroxyl groups is 1. The van der Waals surface area contributed by atoms with Crippen molar-refractivity contribution in [3.8, 4) is 0 Å². The first-order valence-corrected chi connectivity index (χ1v) is 3.99. The molecule has 0 aliphatic heterocycles. The monoisotopic (exact) mass is 154 g/mol. The zero-order chi connectivity index (χ0) is 8.91. The third-order valence-corrected chi connectivity index (χ3v) is 2.09. The SMILES string of the molecule is C=CCC(C)(C=CC)C(C)O. The van der Waals surface area contributed by atoms with E-state index in [1.807, 2.05) is 39.0 Å². The smallest absolute Gasteiger partial charge is 0.0603 e. The van der Waals surface area contributed by atoms with Crippen LogP contribution in [0.5, 0.6) is 0 Å². The molecule has 0 saturated carbocycles. The predicted octanol–water partition coefficient (Wildman–Crippen LogP) is 2.53. The van der Waals surface area contributed by atoms with Crippen LogP contribution in [0.1, 0.15) is 27.2 Å². The van der Waals surface area contributed by atoms with Crippen molar-refractivity contribution >= 4 is 0 Å². The molecule has 0 radical (unpaired) electrons. The number of hydrogen-bond donors (Lipinski definition) is 1. The number of allylic oxidation sites excluding steroid dienone is 2. The summed E-state index contributed by atoms with van der Waals surface area (Å²) in [5.41, 5.74) is -0.142. The van der Waals surface area contributed by atoms with Crippen LogP contribution in [0.25, 0.3) is 0 Å². The minimum Gasteiger partial charge on any atom is -0.393 e. The van der Waals surface area contributed by atoms with Crippen LogP contribution in [-0.2, 0) is 0 Å². The van der Waals surface area contributed by atoms with Crippen molar-refractivity contribution in [2.45, 2.75) is 33.3 Å². The zero-order valence-corrected chi connectivity index (χ0v) is 7.67. The lowest BCUT2D eigenvalue weighted by molar-refractivity contribution is 0.0890. The molecule has 0 saturated heterocycles. The van der Waals surface area contributed by atoms with Gasteiger partial charge in [-0.15, -0.1) is 6.58 Å². The summed E-state index contributed by atoms with van der Waals surface area (Å²) in [4.78, 5) is 0. The molecule has 0 aliphatic rings. The molecule has 0 aromatic rings. The van der Waals surface area contributed by atoms with Gasteiger partial charge in [0.05, 0.1) is 6.10 Å². The zero-order valence-electron chi connectivity index (χ0n) is 7.67. The molecule has 0 aromatic heterocycles. The Morgan fingerprint density at radius 3 is 2.45 bits per heavy atom. The van der Waals surface area contributed by atoms with Crippen LogP contribution in [0.2, 0.25) is 0 Å². The molecule has 1 heteroatoms. The van der Waals surface area contributed by atoms with Gasteiger partial charge in [-0.3, -0.25) is 0 Å². The van der Waals surface area contributed by atoms with E-state index < -0.39 is 0 Å². The maximum absolute atomic E-state index is 9.43. The van der Waals surface area contributed by atoms with Crippen molar-refractivity contribution < 1.29 is 5.11 Å². The topological polar surface area (TPSA) is 20.2 Å². The molecule has 0 rings (SSSR count). The second kappa shape index (κ2) is 4.35. The summed E-state index contributed by atoms with van der Waals surface area (Å²) in [5, 5.41) is 9.43. The van der Waals surface area contributed by atoms with Gasteiger partial charge >= 0.3 is 0 Å². The molecule has 0 aromatic carbocycles. The fourth-order valence-corrected chi connectivity index (χ4v) is 1.07. The second-order valence-electron chi connectivity index (χ2n) is 3.17. The summed E-state index contributed by atoms with van der Waals surface area (Å²) in [5.74, 6) is 0. The largest absolute Gasteiger partial charge is 0.393 e. The molecule has 11 heavy (non-hydrogen) atoms. The molecular weight excluding hydrogens is 136 g/mol. The highest BCUT2D eigenvalue weighted by molar-refractivity contribution is 5.01. The molecule has 1 nitrogen and oxygen atoms in total. The van der Waals surface area contributed by atoms with Crippen LogP contribution >= 0.6 is 0 Å². The Kier molecular flexibility index (Phi) is 4.12. The van der Waals surface area contributed by atoms with E-state index in [0.717, 1.165) is 6.42 Å². The first kappa shape index (κ1) is 10.4. The molecule has 2 unspecified atom stereocenters. The fourth-order valence-electron chi connectivity index (χ4n) is 1.07. The molecular formula is C10H18O. The summed E-state index contributed by atoms with van der Waals surface area (Å²) < 4.78 is 0. The highest BCUT2D eigenvalue weighted by Crippen LogP contribution is 2.27. The van der Waals surface area contributed by atoms with Gasteiger partial charge in [-0.1, -0.05) is 25.2 Å². The Bertz CT molecular complexity index is 147. The van der Waals surface area contributed by atoms with Crippen molar-refractivity contribution in [3.05, 3.63) is 24.8 Å². The van der Waals surface area contributed by atoms with Gasteiger partial charge in [0.2, 0.25) is 0 Å². The minimum atomic E-state index is -0.323. The molecule has 0 amide bonds. The van der Waals surface area contributed by atoms with E-state index in [1.165, 1.54) is 0 Å². The maximum atomic E-state index is 9.43. The molecule has 0 heterocycles. The molecule has 0 spiro atoms. The quantitative estimate of drug-likeness (QED) is 0.617. The van der Waals surface area contributed by atoms with Crippen molar-refractivity contribution in [2.24, 2.45) is 5.41 Å². The van der Waals surface area contributed by atoms with E-state index in [9.17, 15) is 5.11 Å². The summed E-state index contributed by atoms with van der Waals surface area (Å²) in [6.45, 7) is 9.46. The predicted molar refractivity (Wildman–Crippen MR) is 49.4 cm³/mol. The van der Waals surface area contributed by atoms with Gasteiger partial charge < -0.3 is 5.11 Å². The normalized spacial score (nSPS) is 19.6. The highest BCUT2D eigenvalue weighted by atomic mass is 16.3. The van der Waals surface area contributed by atoms with Crippen LogP contribution in [0.3, 0.4) is 0 Å². The van der Waals surface area contributed by atoms with E-state index in [4.69, 9.17) is 0 Å². The van der Waals surface area contributed by atoms with Gasteiger partial charge in [-0.05, 0) is 20.3 Å². The first-order chi connectivity index (χ1) is 5.06. The van der Waals surface area contributed by atoms with Gasteiger partial charge in [0.15, 0.2) is 0 Å². The second-order valence-corrected chi connectivity index (χ2v) is 3.17. The summed E-state index contributed by atoms with van der Waals surface area (Å²) in [7, 11) is 0. The minimum absolute atomic E-state index is 0.142. The molecule has 0 aliphatic carbocycles. The molecule has 0 fully saturated rings. The average Bonchev–Trinajstić information content (AvgIpc) is 1.88. The lowest BCUT2D eigenvalue weighted by atomic mass is 9.81. The van der Waals surface area contributed by atoms with E-state index in [-0.39, 0.29) is 11.5 Å². The summed E-state index contributed by atoms with van der Waals surface area (Å²) in [6, 6.07) is 0. The maximum Gasteiger partial charge on any atom is 0.0603 e. The van der Waals surface area contributed by atoms with Gasteiger partial charge in [0.1, 0.15) is 0 Å². The van der Waals surface area contributed by atoms with Gasteiger partial charge in [-0.2, -0.15) is 0 Å². The third-order valence-electron chi connectivity index (χ3n) is 2.09.